The Bertz CT molecular complexity index is 1170. The lowest BCUT2D eigenvalue weighted by Crippen LogP contribution is -2.39. The highest BCUT2D eigenvalue weighted by molar-refractivity contribution is 6.04. The average molecular weight is 410 g/mol. The van der Waals surface area contributed by atoms with Crippen LogP contribution in [0.4, 0.5) is 5.69 Å². The quantitative estimate of drug-likeness (QED) is 0.661. The van der Waals surface area contributed by atoms with Gasteiger partial charge in [-0.05, 0) is 50.3 Å². The summed E-state index contributed by atoms with van der Waals surface area (Å²) in [6.07, 6.45) is 5.09. The van der Waals surface area contributed by atoms with Gasteiger partial charge in [0.1, 0.15) is 6.54 Å². The van der Waals surface area contributed by atoms with Gasteiger partial charge < -0.3 is 14.6 Å². The van der Waals surface area contributed by atoms with E-state index in [9.17, 15) is 14.4 Å². The summed E-state index contributed by atoms with van der Waals surface area (Å²) in [5, 5.41) is 13.4. The molecule has 2 N–H and O–H groups in total. The molecule has 10 nitrogen and oxygen atoms in total. The van der Waals surface area contributed by atoms with Crippen LogP contribution in [0.25, 0.3) is 11.1 Å². The zero-order chi connectivity index (χ0) is 20.7. The number of aromatic amines is 1. The van der Waals surface area contributed by atoms with Crippen LogP contribution in [0.2, 0.25) is 0 Å². The standard InChI is InChI=1S/C20H22N6O4/c27-16(25-8-2-1-3-9-25)11-26-14-10-13(6-7-15(14)30-20(26)29)21-19(28)18-17(12-4-5-12)22-24-23-18/h6-7,10,12H,1-5,8-9,11H2,(H,21,28)(H,22,23,24). The number of aromatic nitrogens is 4. The van der Waals surface area contributed by atoms with Crippen molar-refractivity contribution in [2.45, 2.75) is 44.6 Å². The van der Waals surface area contributed by atoms with E-state index >= 15 is 0 Å². The summed E-state index contributed by atoms with van der Waals surface area (Å²) in [5.74, 6) is -0.782. The Hall–Kier alpha value is -3.43. The van der Waals surface area contributed by atoms with Gasteiger partial charge in [0.15, 0.2) is 11.3 Å². The Morgan fingerprint density at radius 2 is 1.97 bits per heavy atom. The molecule has 2 fully saturated rings. The highest BCUT2D eigenvalue weighted by Gasteiger charge is 2.32. The first kappa shape index (κ1) is 18.6. The van der Waals surface area contributed by atoms with Crippen molar-refractivity contribution in [2.24, 2.45) is 0 Å². The normalized spacial score (nSPS) is 16.7. The first-order chi connectivity index (χ1) is 14.6. The molecule has 156 valence electrons. The SMILES string of the molecule is O=C(Nc1ccc2oc(=O)n(CC(=O)N3CCCCC3)c2c1)c1n[nH]nc1C1CC1. The first-order valence-electron chi connectivity index (χ1n) is 10.2. The predicted octanol–water partition coefficient (Wildman–Crippen LogP) is 1.85. The lowest BCUT2D eigenvalue weighted by Gasteiger charge is -2.26. The maximum Gasteiger partial charge on any atom is 0.420 e. The number of oxazole rings is 1. The summed E-state index contributed by atoms with van der Waals surface area (Å²) in [5.41, 5.74) is 2.27. The summed E-state index contributed by atoms with van der Waals surface area (Å²) in [4.78, 5) is 39.4. The number of rotatable bonds is 5. The van der Waals surface area contributed by atoms with Crippen molar-refractivity contribution < 1.29 is 14.0 Å². The van der Waals surface area contributed by atoms with Crippen LogP contribution in [-0.2, 0) is 11.3 Å². The number of nitrogens with one attached hydrogen (secondary N) is 2. The third-order valence-corrected chi connectivity index (χ3v) is 5.68. The monoisotopic (exact) mass is 410 g/mol. The molecule has 0 radical (unpaired) electrons. The van der Waals surface area contributed by atoms with E-state index in [-0.39, 0.29) is 30.0 Å². The number of piperidine rings is 1. The molecular weight excluding hydrogens is 388 g/mol. The molecule has 1 aliphatic heterocycles. The van der Waals surface area contributed by atoms with E-state index in [4.69, 9.17) is 4.42 Å². The molecule has 3 heterocycles. The number of H-pyrrole nitrogens is 1. The average Bonchev–Trinajstić information content (AvgIpc) is 3.40. The fourth-order valence-corrected chi connectivity index (χ4v) is 3.91. The van der Waals surface area contributed by atoms with Crippen molar-refractivity contribution in [3.8, 4) is 0 Å². The summed E-state index contributed by atoms with van der Waals surface area (Å²) in [6, 6.07) is 4.90. The van der Waals surface area contributed by atoms with Crippen LogP contribution < -0.4 is 11.1 Å². The molecule has 5 rings (SSSR count). The number of fused-ring (bicyclic) bond motifs is 1. The van der Waals surface area contributed by atoms with Crippen LogP contribution in [0.3, 0.4) is 0 Å². The van der Waals surface area contributed by atoms with Crippen molar-refractivity contribution in [3.63, 3.8) is 0 Å². The van der Waals surface area contributed by atoms with Crippen LogP contribution >= 0.6 is 0 Å². The summed E-state index contributed by atoms with van der Waals surface area (Å²) in [7, 11) is 0. The minimum Gasteiger partial charge on any atom is -0.408 e. The molecule has 10 heteroatoms. The Kier molecular flexibility index (Phi) is 4.61. The van der Waals surface area contributed by atoms with Crippen molar-refractivity contribution >= 4 is 28.6 Å². The van der Waals surface area contributed by atoms with E-state index < -0.39 is 5.76 Å². The number of benzene rings is 1. The fourth-order valence-electron chi connectivity index (χ4n) is 3.91. The van der Waals surface area contributed by atoms with E-state index in [2.05, 4.69) is 20.7 Å². The maximum absolute atomic E-state index is 12.7. The number of anilines is 1. The van der Waals surface area contributed by atoms with E-state index in [1.165, 1.54) is 4.57 Å². The van der Waals surface area contributed by atoms with Gasteiger partial charge in [-0.2, -0.15) is 15.4 Å². The molecule has 30 heavy (non-hydrogen) atoms. The van der Waals surface area contributed by atoms with Crippen LogP contribution in [0.15, 0.2) is 27.4 Å². The van der Waals surface area contributed by atoms with Crippen molar-refractivity contribution in [1.29, 1.82) is 0 Å². The van der Waals surface area contributed by atoms with Gasteiger partial charge in [-0.15, -0.1) is 0 Å². The third-order valence-electron chi connectivity index (χ3n) is 5.68. The minimum atomic E-state index is -0.591. The number of amides is 2. The van der Waals surface area contributed by atoms with Crippen LogP contribution in [0, 0.1) is 0 Å². The largest absolute Gasteiger partial charge is 0.420 e. The second-order valence-corrected chi connectivity index (χ2v) is 7.86. The highest BCUT2D eigenvalue weighted by atomic mass is 16.4. The van der Waals surface area contributed by atoms with E-state index in [1.807, 2.05) is 0 Å². The molecule has 1 aliphatic carbocycles. The maximum atomic E-state index is 12.7. The number of carbonyl (C=O) groups is 2. The predicted molar refractivity (Wildman–Crippen MR) is 107 cm³/mol. The van der Waals surface area contributed by atoms with Crippen molar-refractivity contribution in [3.05, 3.63) is 40.1 Å². The molecule has 3 aromatic rings. The lowest BCUT2D eigenvalue weighted by molar-refractivity contribution is -0.132. The Labute approximate surface area is 171 Å². The van der Waals surface area contributed by atoms with Crippen LogP contribution in [-0.4, -0.2) is 49.8 Å². The fraction of sp³-hybridized carbons (Fsp3) is 0.450. The molecule has 0 atom stereocenters. The van der Waals surface area contributed by atoms with Gasteiger partial charge in [0.25, 0.3) is 5.91 Å². The topological polar surface area (TPSA) is 126 Å². The second kappa shape index (κ2) is 7.43. The van der Waals surface area contributed by atoms with Crippen LogP contribution in [0.1, 0.15) is 54.2 Å². The summed E-state index contributed by atoms with van der Waals surface area (Å²) in [6.45, 7) is 1.34. The van der Waals surface area contributed by atoms with Gasteiger partial charge in [0.05, 0.1) is 11.2 Å². The highest BCUT2D eigenvalue weighted by Crippen LogP contribution is 2.40. The Morgan fingerprint density at radius 3 is 2.73 bits per heavy atom. The van der Waals surface area contributed by atoms with Gasteiger partial charge in [0, 0.05) is 24.7 Å². The number of hydrogen-bond donors (Lipinski definition) is 2. The number of hydrogen-bond acceptors (Lipinski definition) is 6. The van der Waals surface area contributed by atoms with E-state index in [0.717, 1.165) is 32.1 Å². The number of carbonyl (C=O) groups excluding carboxylic acids is 2. The summed E-state index contributed by atoms with van der Waals surface area (Å²) >= 11 is 0. The number of nitrogens with zero attached hydrogens (tertiary/aromatic N) is 4. The van der Waals surface area contributed by atoms with Gasteiger partial charge in [-0.1, -0.05) is 0 Å². The van der Waals surface area contributed by atoms with Gasteiger partial charge in [0.2, 0.25) is 5.91 Å². The Morgan fingerprint density at radius 1 is 1.17 bits per heavy atom. The van der Waals surface area contributed by atoms with E-state index in [1.54, 1.807) is 23.1 Å². The van der Waals surface area contributed by atoms with Gasteiger partial charge in [-0.3, -0.25) is 14.2 Å². The van der Waals surface area contributed by atoms with Gasteiger partial charge >= 0.3 is 5.76 Å². The zero-order valence-corrected chi connectivity index (χ0v) is 16.4. The molecule has 1 saturated heterocycles. The molecule has 0 spiro atoms. The van der Waals surface area contributed by atoms with E-state index in [0.29, 0.717) is 35.6 Å². The minimum absolute atomic E-state index is 0.0850. The van der Waals surface area contributed by atoms with Crippen molar-refractivity contribution in [1.82, 2.24) is 24.9 Å². The zero-order valence-electron chi connectivity index (χ0n) is 16.4. The first-order valence-corrected chi connectivity index (χ1v) is 10.2. The molecule has 2 amide bonds. The lowest BCUT2D eigenvalue weighted by atomic mass is 10.1. The van der Waals surface area contributed by atoms with Crippen molar-refractivity contribution in [2.75, 3.05) is 18.4 Å². The third kappa shape index (κ3) is 3.49. The van der Waals surface area contributed by atoms with Gasteiger partial charge in [-0.25, -0.2) is 4.79 Å². The second-order valence-electron chi connectivity index (χ2n) is 7.86. The molecule has 1 saturated carbocycles. The summed E-state index contributed by atoms with van der Waals surface area (Å²) < 4.78 is 6.59. The molecule has 2 aromatic heterocycles. The smallest absolute Gasteiger partial charge is 0.408 e. The molecule has 0 unspecified atom stereocenters. The molecule has 0 bridgehead atoms. The van der Waals surface area contributed by atoms with Crippen LogP contribution in [0.5, 0.6) is 0 Å². The molecular formula is C20H22N6O4. The Balaban J connectivity index is 1.38. The number of likely N-dealkylation sites (tertiary alicyclic amines) is 1. The molecule has 1 aromatic carbocycles. The molecule has 2 aliphatic rings.